The highest BCUT2D eigenvalue weighted by molar-refractivity contribution is 6.11. The van der Waals surface area contributed by atoms with Crippen LogP contribution in [0.2, 0.25) is 0 Å². The molecule has 0 aliphatic heterocycles. The second kappa shape index (κ2) is 3.61. The lowest BCUT2D eigenvalue weighted by molar-refractivity contribution is 0.101. The van der Waals surface area contributed by atoms with E-state index in [0.29, 0.717) is 17.0 Å². The van der Waals surface area contributed by atoms with Crippen LogP contribution in [-0.2, 0) is 0 Å². The molecule has 76 valence electrons. The molecule has 0 atom stereocenters. The lowest BCUT2D eigenvalue weighted by Gasteiger charge is -2.05. The molecule has 2 rings (SSSR count). The molecule has 0 unspecified atom stereocenters. The van der Waals surface area contributed by atoms with Gasteiger partial charge in [0.2, 0.25) is 5.78 Å². The van der Waals surface area contributed by atoms with Gasteiger partial charge in [0.1, 0.15) is 0 Å². The van der Waals surface area contributed by atoms with E-state index in [1.165, 1.54) is 6.26 Å². The molecule has 2 aromatic rings. The lowest BCUT2D eigenvalue weighted by Crippen LogP contribution is -2.06. The Morgan fingerprint density at radius 1 is 1.27 bits per heavy atom. The zero-order valence-electron chi connectivity index (χ0n) is 8.36. The molecule has 0 saturated carbocycles. The second-order valence-corrected chi connectivity index (χ2v) is 3.35. The minimum atomic E-state index is -0.171. The van der Waals surface area contributed by atoms with Gasteiger partial charge in [-0.05, 0) is 30.7 Å². The van der Waals surface area contributed by atoms with Gasteiger partial charge in [0, 0.05) is 5.69 Å². The number of nitrogens with two attached hydrogens (primary N) is 1. The Bertz CT molecular complexity index is 466. The zero-order chi connectivity index (χ0) is 10.8. The van der Waals surface area contributed by atoms with E-state index in [1.54, 1.807) is 18.2 Å². The molecule has 15 heavy (non-hydrogen) atoms. The molecule has 0 saturated heterocycles. The first-order valence-electron chi connectivity index (χ1n) is 4.63. The van der Waals surface area contributed by atoms with Crippen LogP contribution in [0, 0.1) is 6.92 Å². The fraction of sp³-hybridized carbons (Fsp3) is 0.0833. The van der Waals surface area contributed by atoms with Crippen molar-refractivity contribution in [2.75, 3.05) is 5.73 Å². The summed E-state index contributed by atoms with van der Waals surface area (Å²) in [7, 11) is 0. The predicted octanol–water partition coefficient (Wildman–Crippen LogP) is 2.40. The van der Waals surface area contributed by atoms with E-state index in [1.807, 2.05) is 19.1 Å². The van der Waals surface area contributed by atoms with Gasteiger partial charge in [-0.2, -0.15) is 0 Å². The Morgan fingerprint density at radius 2 is 2.07 bits per heavy atom. The summed E-state index contributed by atoms with van der Waals surface area (Å²) in [5, 5.41) is 0. The molecule has 2 N–H and O–H groups in total. The Labute approximate surface area is 87.5 Å². The number of carbonyl (C=O) groups excluding carboxylic acids is 1. The minimum Gasteiger partial charge on any atom is -0.461 e. The number of hydrogen-bond acceptors (Lipinski definition) is 3. The summed E-state index contributed by atoms with van der Waals surface area (Å²) in [5.41, 5.74) is 7.63. The summed E-state index contributed by atoms with van der Waals surface area (Å²) in [5.74, 6) is 0.145. The van der Waals surface area contributed by atoms with Crippen molar-refractivity contribution in [3.63, 3.8) is 0 Å². The molecule has 0 amide bonds. The molecule has 0 bridgehead atoms. The van der Waals surface area contributed by atoms with E-state index < -0.39 is 0 Å². The van der Waals surface area contributed by atoms with Gasteiger partial charge in [0.15, 0.2) is 5.76 Å². The molecule has 0 fully saturated rings. The molecular weight excluding hydrogens is 190 g/mol. The van der Waals surface area contributed by atoms with Crippen LogP contribution in [0.5, 0.6) is 0 Å². The Morgan fingerprint density at radius 3 is 2.67 bits per heavy atom. The molecule has 0 spiro atoms. The van der Waals surface area contributed by atoms with E-state index in [2.05, 4.69) is 0 Å². The van der Waals surface area contributed by atoms with Crippen LogP contribution >= 0.6 is 0 Å². The van der Waals surface area contributed by atoms with Crippen molar-refractivity contribution in [1.82, 2.24) is 0 Å². The Hall–Kier alpha value is -2.03. The third-order valence-corrected chi connectivity index (χ3v) is 2.28. The maximum absolute atomic E-state index is 12.0. The number of anilines is 1. The maximum atomic E-state index is 12.0. The first-order chi connectivity index (χ1) is 7.20. The highest BCUT2D eigenvalue weighted by Crippen LogP contribution is 2.20. The molecule has 3 heteroatoms. The number of hydrogen-bond donors (Lipinski definition) is 1. The largest absolute Gasteiger partial charge is 0.461 e. The summed E-state index contributed by atoms with van der Waals surface area (Å²) in [6.45, 7) is 1.85. The normalized spacial score (nSPS) is 10.2. The van der Waals surface area contributed by atoms with Crippen molar-refractivity contribution >= 4 is 11.5 Å². The van der Waals surface area contributed by atoms with Crippen molar-refractivity contribution in [3.05, 3.63) is 53.5 Å². The van der Waals surface area contributed by atoms with Crippen LogP contribution in [0.3, 0.4) is 0 Å². The van der Waals surface area contributed by atoms with Crippen LogP contribution in [0.4, 0.5) is 5.69 Å². The third kappa shape index (κ3) is 1.64. The van der Waals surface area contributed by atoms with Gasteiger partial charge in [0.05, 0.1) is 11.8 Å². The van der Waals surface area contributed by atoms with Crippen molar-refractivity contribution in [2.24, 2.45) is 0 Å². The summed E-state index contributed by atoms with van der Waals surface area (Å²) in [4.78, 5) is 12.0. The van der Waals surface area contributed by atoms with Crippen molar-refractivity contribution in [1.29, 1.82) is 0 Å². The van der Waals surface area contributed by atoms with Gasteiger partial charge in [-0.1, -0.05) is 12.1 Å². The van der Waals surface area contributed by atoms with E-state index in [9.17, 15) is 4.79 Å². The number of benzene rings is 1. The van der Waals surface area contributed by atoms with Crippen LogP contribution in [-0.4, -0.2) is 5.78 Å². The summed E-state index contributed by atoms with van der Waals surface area (Å²) in [6.07, 6.45) is 1.47. The molecular formula is C12H11NO2. The molecule has 3 nitrogen and oxygen atoms in total. The lowest BCUT2D eigenvalue weighted by atomic mass is 10.0. The average Bonchev–Trinajstić information content (AvgIpc) is 2.69. The van der Waals surface area contributed by atoms with Crippen molar-refractivity contribution in [3.8, 4) is 0 Å². The van der Waals surface area contributed by atoms with Gasteiger partial charge in [-0.3, -0.25) is 4.79 Å². The summed E-state index contributed by atoms with van der Waals surface area (Å²) in [6, 6.07) is 8.70. The fourth-order valence-electron chi connectivity index (χ4n) is 1.53. The molecule has 0 radical (unpaired) electrons. The summed E-state index contributed by atoms with van der Waals surface area (Å²) < 4.78 is 5.05. The minimum absolute atomic E-state index is 0.171. The van der Waals surface area contributed by atoms with Gasteiger partial charge in [-0.25, -0.2) is 0 Å². The summed E-state index contributed by atoms with van der Waals surface area (Å²) >= 11 is 0. The van der Waals surface area contributed by atoms with Gasteiger partial charge in [-0.15, -0.1) is 0 Å². The number of ketones is 1. The molecule has 0 aliphatic carbocycles. The first-order valence-corrected chi connectivity index (χ1v) is 4.63. The predicted molar refractivity (Wildman–Crippen MR) is 57.7 cm³/mol. The van der Waals surface area contributed by atoms with E-state index in [4.69, 9.17) is 10.2 Å². The number of rotatable bonds is 2. The van der Waals surface area contributed by atoms with Crippen molar-refractivity contribution < 1.29 is 9.21 Å². The van der Waals surface area contributed by atoms with Crippen LogP contribution in [0.25, 0.3) is 0 Å². The zero-order valence-corrected chi connectivity index (χ0v) is 8.36. The van der Waals surface area contributed by atoms with Crippen LogP contribution in [0.1, 0.15) is 21.7 Å². The Kier molecular flexibility index (Phi) is 2.29. The topological polar surface area (TPSA) is 56.2 Å². The SMILES string of the molecule is Cc1cccc(N)c1C(=O)c1ccco1. The fourth-order valence-corrected chi connectivity index (χ4v) is 1.53. The second-order valence-electron chi connectivity index (χ2n) is 3.35. The molecule has 1 aromatic heterocycles. The van der Waals surface area contributed by atoms with Crippen LogP contribution in [0.15, 0.2) is 41.0 Å². The van der Waals surface area contributed by atoms with Gasteiger partial charge < -0.3 is 10.2 Å². The van der Waals surface area contributed by atoms with E-state index >= 15 is 0 Å². The standard InChI is InChI=1S/C12H11NO2/c1-8-4-2-5-9(13)11(8)12(14)10-6-3-7-15-10/h2-7H,13H2,1H3. The van der Waals surface area contributed by atoms with E-state index in [0.717, 1.165) is 5.56 Å². The smallest absolute Gasteiger partial charge is 0.230 e. The quantitative estimate of drug-likeness (QED) is 0.599. The van der Waals surface area contributed by atoms with Crippen LogP contribution < -0.4 is 5.73 Å². The monoisotopic (exact) mass is 201 g/mol. The highest BCUT2D eigenvalue weighted by Gasteiger charge is 2.16. The highest BCUT2D eigenvalue weighted by atomic mass is 16.3. The molecule has 0 aliphatic rings. The maximum Gasteiger partial charge on any atom is 0.230 e. The number of furan rings is 1. The molecule has 1 aromatic carbocycles. The van der Waals surface area contributed by atoms with Crippen molar-refractivity contribution in [2.45, 2.75) is 6.92 Å². The number of nitrogen functional groups attached to an aromatic ring is 1. The van der Waals surface area contributed by atoms with E-state index in [-0.39, 0.29) is 5.78 Å². The third-order valence-electron chi connectivity index (χ3n) is 2.28. The van der Waals surface area contributed by atoms with Gasteiger partial charge >= 0.3 is 0 Å². The average molecular weight is 201 g/mol. The Balaban J connectivity index is 2.51. The van der Waals surface area contributed by atoms with Gasteiger partial charge in [0.25, 0.3) is 0 Å². The number of aryl methyl sites for hydroxylation is 1. The number of carbonyl (C=O) groups is 1. The first kappa shape index (κ1) is 9.52. The molecule has 1 heterocycles.